The average Bonchev–Trinajstić information content (AvgIpc) is 2.66. The highest BCUT2D eigenvalue weighted by Gasteiger charge is 1.99. The summed E-state index contributed by atoms with van der Waals surface area (Å²) >= 11 is 2.22. The Hall–Kier alpha value is -1.04. The lowest BCUT2D eigenvalue weighted by Gasteiger charge is -2.05. The smallest absolute Gasteiger partial charge is 0.171 e. The molecule has 0 radical (unpaired) electrons. The van der Waals surface area contributed by atoms with Gasteiger partial charge in [-0.3, -0.25) is 0 Å². The van der Waals surface area contributed by atoms with E-state index in [2.05, 4.69) is 44.3 Å². The Morgan fingerprint density at radius 3 is 2.60 bits per heavy atom. The summed E-state index contributed by atoms with van der Waals surface area (Å²) in [5, 5.41) is 0. The van der Waals surface area contributed by atoms with Crippen LogP contribution in [-0.2, 0) is 6.54 Å². The number of aromatic nitrogens is 2. The summed E-state index contributed by atoms with van der Waals surface area (Å²) in [6.07, 6.45) is 3.79. The van der Waals surface area contributed by atoms with Gasteiger partial charge < -0.3 is 9.30 Å². The summed E-state index contributed by atoms with van der Waals surface area (Å²) in [4.78, 5) is 4.17. The lowest BCUT2D eigenvalue weighted by molar-refractivity contribution is 0.414. The molecule has 0 bridgehead atoms. The van der Waals surface area contributed by atoms with Crippen LogP contribution in [0.15, 0.2) is 36.7 Å². The van der Waals surface area contributed by atoms with Crippen molar-refractivity contribution in [2.45, 2.75) is 6.54 Å². The van der Waals surface area contributed by atoms with Crippen LogP contribution in [0.4, 0.5) is 0 Å². The van der Waals surface area contributed by atoms with Crippen molar-refractivity contribution in [3.05, 3.63) is 46.1 Å². The Balaban J connectivity index is 2.14. The summed E-state index contributed by atoms with van der Waals surface area (Å²) in [5.74, 6) is 0.888. The van der Waals surface area contributed by atoms with Crippen LogP contribution in [0, 0.1) is 3.83 Å². The lowest BCUT2D eigenvalue weighted by atomic mass is 10.2. The maximum absolute atomic E-state index is 5.11. The predicted molar refractivity (Wildman–Crippen MR) is 67.0 cm³/mol. The second-order valence-electron chi connectivity index (χ2n) is 3.17. The molecule has 0 atom stereocenters. The third-order valence-electron chi connectivity index (χ3n) is 2.18. The first-order chi connectivity index (χ1) is 7.29. The number of benzene rings is 1. The summed E-state index contributed by atoms with van der Waals surface area (Å²) < 4.78 is 8.21. The second-order valence-corrected chi connectivity index (χ2v) is 4.14. The minimum absolute atomic E-state index is 0.849. The largest absolute Gasteiger partial charge is 0.497 e. The first-order valence-electron chi connectivity index (χ1n) is 4.59. The van der Waals surface area contributed by atoms with E-state index in [0.29, 0.717) is 0 Å². The van der Waals surface area contributed by atoms with Gasteiger partial charge in [-0.15, -0.1) is 0 Å². The van der Waals surface area contributed by atoms with E-state index < -0.39 is 0 Å². The molecule has 0 aliphatic heterocycles. The molecule has 0 N–H and O–H groups in total. The number of nitrogens with zero attached hydrogens (tertiary/aromatic N) is 2. The predicted octanol–water partition coefficient (Wildman–Crippen LogP) is 2.54. The highest BCUT2D eigenvalue weighted by molar-refractivity contribution is 14.1. The molecule has 3 nitrogen and oxygen atoms in total. The number of hydrogen-bond acceptors (Lipinski definition) is 2. The Labute approximate surface area is 102 Å². The van der Waals surface area contributed by atoms with Crippen LogP contribution in [0.2, 0.25) is 0 Å². The maximum atomic E-state index is 5.11. The van der Waals surface area contributed by atoms with E-state index in [-0.39, 0.29) is 0 Å². The molecular weight excluding hydrogens is 303 g/mol. The number of hydrogen-bond donors (Lipinski definition) is 0. The molecule has 1 heterocycles. The minimum Gasteiger partial charge on any atom is -0.497 e. The number of methoxy groups -OCH3 is 1. The van der Waals surface area contributed by atoms with Crippen molar-refractivity contribution < 1.29 is 4.74 Å². The maximum Gasteiger partial charge on any atom is 0.171 e. The summed E-state index contributed by atoms with van der Waals surface area (Å²) in [6.45, 7) is 0.849. The van der Waals surface area contributed by atoms with E-state index in [9.17, 15) is 0 Å². The van der Waals surface area contributed by atoms with Gasteiger partial charge in [-0.1, -0.05) is 12.1 Å². The van der Waals surface area contributed by atoms with Crippen LogP contribution in [0.3, 0.4) is 0 Å². The summed E-state index contributed by atoms with van der Waals surface area (Å²) in [5.41, 5.74) is 1.24. The van der Waals surface area contributed by atoms with Crippen LogP contribution >= 0.6 is 22.6 Å². The first kappa shape index (κ1) is 10.5. The molecule has 4 heteroatoms. The van der Waals surface area contributed by atoms with Crippen LogP contribution in [0.5, 0.6) is 5.75 Å². The van der Waals surface area contributed by atoms with Crippen molar-refractivity contribution in [1.29, 1.82) is 0 Å². The zero-order chi connectivity index (χ0) is 10.7. The Morgan fingerprint density at radius 2 is 2.07 bits per heavy atom. The third-order valence-corrected chi connectivity index (χ3v) is 3.07. The van der Waals surface area contributed by atoms with Crippen LogP contribution < -0.4 is 4.74 Å². The molecule has 0 saturated heterocycles. The summed E-state index contributed by atoms with van der Waals surface area (Å²) in [6, 6.07) is 8.07. The quantitative estimate of drug-likeness (QED) is 0.814. The Morgan fingerprint density at radius 1 is 1.33 bits per heavy atom. The van der Waals surface area contributed by atoms with E-state index in [4.69, 9.17) is 4.74 Å². The fraction of sp³-hybridized carbons (Fsp3) is 0.182. The van der Waals surface area contributed by atoms with Gasteiger partial charge >= 0.3 is 0 Å². The van der Waals surface area contributed by atoms with Gasteiger partial charge in [0, 0.05) is 18.9 Å². The molecule has 0 saturated carbocycles. The van der Waals surface area contributed by atoms with Gasteiger partial charge in [0.15, 0.2) is 3.83 Å². The Kier molecular flexibility index (Phi) is 3.25. The molecule has 0 aliphatic rings. The molecule has 0 unspecified atom stereocenters. The van der Waals surface area contributed by atoms with E-state index in [1.165, 1.54) is 5.56 Å². The fourth-order valence-corrected chi connectivity index (χ4v) is 1.85. The number of rotatable bonds is 3. The van der Waals surface area contributed by atoms with Gasteiger partial charge in [0.05, 0.1) is 7.11 Å². The van der Waals surface area contributed by atoms with Crippen molar-refractivity contribution in [1.82, 2.24) is 9.55 Å². The zero-order valence-electron chi connectivity index (χ0n) is 8.35. The first-order valence-corrected chi connectivity index (χ1v) is 5.67. The number of halogens is 1. The molecule has 0 aliphatic carbocycles. The highest BCUT2D eigenvalue weighted by atomic mass is 127. The van der Waals surface area contributed by atoms with Gasteiger partial charge in [-0.25, -0.2) is 4.98 Å². The molecule has 1 aromatic heterocycles. The summed E-state index contributed by atoms with van der Waals surface area (Å²) in [7, 11) is 1.67. The molecular formula is C11H11IN2O. The lowest BCUT2D eigenvalue weighted by Crippen LogP contribution is -2.00. The van der Waals surface area contributed by atoms with Crippen LogP contribution in [-0.4, -0.2) is 16.7 Å². The topological polar surface area (TPSA) is 27.1 Å². The zero-order valence-corrected chi connectivity index (χ0v) is 10.5. The normalized spacial score (nSPS) is 10.3. The fourth-order valence-electron chi connectivity index (χ4n) is 1.36. The minimum atomic E-state index is 0.849. The second kappa shape index (κ2) is 4.65. The number of ether oxygens (including phenoxy) is 1. The monoisotopic (exact) mass is 314 g/mol. The van der Waals surface area contributed by atoms with E-state index >= 15 is 0 Å². The van der Waals surface area contributed by atoms with Gasteiger partial charge in [0.2, 0.25) is 0 Å². The van der Waals surface area contributed by atoms with E-state index in [1.54, 1.807) is 7.11 Å². The van der Waals surface area contributed by atoms with Gasteiger partial charge in [-0.2, -0.15) is 0 Å². The van der Waals surface area contributed by atoms with Crippen LogP contribution in [0.25, 0.3) is 0 Å². The standard InChI is InChI=1S/C11H11IN2O/c1-15-10-4-2-9(3-5-10)8-14-7-6-13-11(14)12/h2-7H,8H2,1H3. The van der Waals surface area contributed by atoms with Gasteiger partial charge in [-0.05, 0) is 40.3 Å². The van der Waals surface area contributed by atoms with Crippen molar-refractivity contribution in [2.24, 2.45) is 0 Å². The highest BCUT2D eigenvalue weighted by Crippen LogP contribution is 2.13. The molecule has 78 valence electrons. The SMILES string of the molecule is COc1ccc(Cn2ccnc2I)cc1. The van der Waals surface area contributed by atoms with Crippen molar-refractivity contribution in [2.75, 3.05) is 7.11 Å². The van der Waals surface area contributed by atoms with Gasteiger partial charge in [0.25, 0.3) is 0 Å². The van der Waals surface area contributed by atoms with E-state index in [0.717, 1.165) is 16.1 Å². The third kappa shape index (κ3) is 2.50. The molecule has 15 heavy (non-hydrogen) atoms. The molecule has 0 fully saturated rings. The molecule has 0 amide bonds. The van der Waals surface area contributed by atoms with Gasteiger partial charge in [0.1, 0.15) is 5.75 Å². The molecule has 2 rings (SSSR count). The Bertz CT molecular complexity index is 436. The average molecular weight is 314 g/mol. The van der Waals surface area contributed by atoms with E-state index in [1.807, 2.05) is 24.5 Å². The molecule has 0 spiro atoms. The number of imidazole rings is 1. The molecule has 1 aromatic carbocycles. The van der Waals surface area contributed by atoms with Crippen LogP contribution in [0.1, 0.15) is 5.56 Å². The van der Waals surface area contributed by atoms with Crippen molar-refractivity contribution in [3.8, 4) is 5.75 Å². The van der Waals surface area contributed by atoms with Crippen molar-refractivity contribution in [3.63, 3.8) is 0 Å². The van der Waals surface area contributed by atoms with Crippen molar-refractivity contribution >= 4 is 22.6 Å². The molecule has 2 aromatic rings.